The Balaban J connectivity index is 2.45. The third kappa shape index (κ3) is 2.23. The molecule has 0 spiro atoms. The second-order valence-corrected chi connectivity index (χ2v) is 6.66. The minimum atomic E-state index is 0.139. The van der Waals surface area contributed by atoms with Gasteiger partial charge in [0, 0.05) is 0 Å². The van der Waals surface area contributed by atoms with Gasteiger partial charge in [-0.1, -0.05) is 0 Å². The molecule has 3 aromatic rings. The monoisotopic (exact) mass is 352 g/mol. The zero-order chi connectivity index (χ0) is 15.0. The van der Waals surface area contributed by atoms with E-state index in [-0.39, 0.29) is 14.5 Å². The van der Waals surface area contributed by atoms with E-state index >= 15 is 0 Å². The standard InChI is InChI=1S/C16H16O4Se/c1-17-9-5-11-12-6-10(18-2)8-14(20-4)16(12)21-15(11)13(7-9)19-3/h5-8H,1-4H3. The Morgan fingerprint density at radius 3 is 1.38 bits per heavy atom. The minimum absolute atomic E-state index is 0.139. The molecule has 0 unspecified atom stereocenters. The van der Waals surface area contributed by atoms with E-state index in [1.54, 1.807) is 28.4 Å². The Morgan fingerprint density at radius 2 is 1.05 bits per heavy atom. The topological polar surface area (TPSA) is 36.9 Å². The number of fused-ring (bicyclic) bond motifs is 3. The predicted octanol–water partition coefficient (Wildman–Crippen LogP) is 3.08. The molecule has 1 aromatic heterocycles. The Morgan fingerprint density at radius 1 is 0.619 bits per heavy atom. The van der Waals surface area contributed by atoms with Crippen molar-refractivity contribution >= 4 is 33.8 Å². The van der Waals surface area contributed by atoms with Crippen molar-refractivity contribution in [3.05, 3.63) is 24.3 Å². The number of benzene rings is 2. The van der Waals surface area contributed by atoms with Crippen LogP contribution < -0.4 is 18.9 Å². The van der Waals surface area contributed by atoms with E-state index in [1.807, 2.05) is 24.3 Å². The molecule has 110 valence electrons. The second-order valence-electron chi connectivity index (χ2n) is 4.51. The van der Waals surface area contributed by atoms with Crippen molar-refractivity contribution in [2.45, 2.75) is 0 Å². The molecule has 0 saturated heterocycles. The summed E-state index contributed by atoms with van der Waals surface area (Å²) < 4.78 is 24.2. The van der Waals surface area contributed by atoms with Gasteiger partial charge in [-0.25, -0.2) is 0 Å². The maximum absolute atomic E-state index is 5.52. The maximum atomic E-state index is 5.52. The van der Waals surface area contributed by atoms with Crippen molar-refractivity contribution in [1.82, 2.24) is 0 Å². The first kappa shape index (κ1) is 14.1. The number of hydrogen-bond acceptors (Lipinski definition) is 4. The van der Waals surface area contributed by atoms with Crippen molar-refractivity contribution in [3.63, 3.8) is 0 Å². The van der Waals surface area contributed by atoms with Gasteiger partial charge in [0.15, 0.2) is 0 Å². The van der Waals surface area contributed by atoms with E-state index in [0.717, 1.165) is 33.8 Å². The average molecular weight is 351 g/mol. The SMILES string of the molecule is COc1cc(OC)c2[se]c3c(OC)cc(OC)cc3c2c1. The summed E-state index contributed by atoms with van der Waals surface area (Å²) in [6.45, 7) is 0. The Bertz CT molecular complexity index is 741. The van der Waals surface area contributed by atoms with Crippen LogP contribution in [0.25, 0.3) is 19.3 Å². The third-order valence-electron chi connectivity index (χ3n) is 3.46. The fraction of sp³-hybridized carbons (Fsp3) is 0.250. The molecule has 3 rings (SSSR count). The molecule has 0 saturated carbocycles. The fourth-order valence-corrected chi connectivity index (χ4v) is 5.02. The van der Waals surface area contributed by atoms with Gasteiger partial charge in [0.05, 0.1) is 0 Å². The predicted molar refractivity (Wildman–Crippen MR) is 84.6 cm³/mol. The van der Waals surface area contributed by atoms with Gasteiger partial charge in [0.25, 0.3) is 0 Å². The summed E-state index contributed by atoms with van der Waals surface area (Å²) in [6, 6.07) is 7.95. The Hall–Kier alpha value is -1.84. The first-order valence-electron chi connectivity index (χ1n) is 6.42. The Labute approximate surface area is 128 Å². The first-order valence-corrected chi connectivity index (χ1v) is 8.13. The second kappa shape index (κ2) is 5.51. The summed E-state index contributed by atoms with van der Waals surface area (Å²) in [4.78, 5) is 0. The van der Waals surface area contributed by atoms with E-state index in [1.165, 1.54) is 8.52 Å². The van der Waals surface area contributed by atoms with Crippen LogP contribution in [0.2, 0.25) is 0 Å². The van der Waals surface area contributed by atoms with Crippen LogP contribution in [-0.4, -0.2) is 42.9 Å². The molecule has 4 nitrogen and oxygen atoms in total. The molecule has 0 aliphatic heterocycles. The molecule has 0 radical (unpaired) electrons. The van der Waals surface area contributed by atoms with Gasteiger partial charge < -0.3 is 0 Å². The van der Waals surface area contributed by atoms with Crippen molar-refractivity contribution in [2.24, 2.45) is 0 Å². The molecule has 0 bridgehead atoms. The van der Waals surface area contributed by atoms with E-state index in [9.17, 15) is 0 Å². The zero-order valence-corrected chi connectivity index (χ0v) is 14.1. The molecule has 0 amide bonds. The van der Waals surface area contributed by atoms with E-state index in [0.29, 0.717) is 0 Å². The summed E-state index contributed by atoms with van der Waals surface area (Å²) in [6.07, 6.45) is 0. The van der Waals surface area contributed by atoms with Crippen molar-refractivity contribution in [2.75, 3.05) is 28.4 Å². The quantitative estimate of drug-likeness (QED) is 0.677. The summed E-state index contributed by atoms with van der Waals surface area (Å²) in [5.74, 6) is 3.30. The van der Waals surface area contributed by atoms with Crippen LogP contribution in [0.15, 0.2) is 24.3 Å². The zero-order valence-electron chi connectivity index (χ0n) is 12.4. The average Bonchev–Trinajstić information content (AvgIpc) is 2.91. The van der Waals surface area contributed by atoms with Crippen LogP contribution in [-0.2, 0) is 0 Å². The van der Waals surface area contributed by atoms with Crippen LogP contribution in [0.3, 0.4) is 0 Å². The van der Waals surface area contributed by atoms with Crippen molar-refractivity contribution in [3.8, 4) is 23.0 Å². The molecular formula is C16H16O4Se. The van der Waals surface area contributed by atoms with Gasteiger partial charge >= 0.3 is 128 Å². The van der Waals surface area contributed by atoms with E-state index in [2.05, 4.69) is 0 Å². The molecule has 0 atom stereocenters. The molecule has 0 aliphatic carbocycles. The van der Waals surface area contributed by atoms with Crippen LogP contribution in [0.4, 0.5) is 0 Å². The van der Waals surface area contributed by atoms with Crippen LogP contribution in [0.5, 0.6) is 23.0 Å². The van der Waals surface area contributed by atoms with Gasteiger partial charge in [0.1, 0.15) is 0 Å². The number of methoxy groups -OCH3 is 4. The van der Waals surface area contributed by atoms with Gasteiger partial charge in [0.2, 0.25) is 0 Å². The Kier molecular flexibility index (Phi) is 3.70. The molecule has 0 aliphatic rings. The molecule has 5 heteroatoms. The summed E-state index contributed by atoms with van der Waals surface area (Å²) in [5, 5.41) is 2.27. The fourth-order valence-electron chi connectivity index (χ4n) is 2.41. The van der Waals surface area contributed by atoms with Gasteiger partial charge in [-0.3, -0.25) is 0 Å². The van der Waals surface area contributed by atoms with Gasteiger partial charge in [-0.2, -0.15) is 0 Å². The normalized spacial score (nSPS) is 10.9. The molecular weight excluding hydrogens is 335 g/mol. The molecule has 0 fully saturated rings. The van der Waals surface area contributed by atoms with Crippen LogP contribution in [0.1, 0.15) is 0 Å². The summed E-state index contributed by atoms with van der Waals surface area (Å²) in [5.41, 5.74) is 0. The van der Waals surface area contributed by atoms with Crippen molar-refractivity contribution < 1.29 is 18.9 Å². The molecule has 1 heterocycles. The molecule has 21 heavy (non-hydrogen) atoms. The molecule has 2 aromatic carbocycles. The third-order valence-corrected chi connectivity index (χ3v) is 6.09. The van der Waals surface area contributed by atoms with E-state index < -0.39 is 0 Å². The van der Waals surface area contributed by atoms with Crippen LogP contribution >= 0.6 is 0 Å². The number of rotatable bonds is 4. The molecule has 0 N–H and O–H groups in total. The van der Waals surface area contributed by atoms with Gasteiger partial charge in [-0.15, -0.1) is 0 Å². The van der Waals surface area contributed by atoms with Crippen molar-refractivity contribution in [1.29, 1.82) is 0 Å². The van der Waals surface area contributed by atoms with E-state index in [4.69, 9.17) is 18.9 Å². The number of ether oxygens (including phenoxy) is 4. The summed E-state index contributed by atoms with van der Waals surface area (Å²) >= 11 is 0.139. The first-order chi connectivity index (χ1) is 10.2. The number of hydrogen-bond donors (Lipinski definition) is 0. The summed E-state index contributed by atoms with van der Waals surface area (Å²) in [7, 11) is 6.69. The van der Waals surface area contributed by atoms with Gasteiger partial charge in [-0.05, 0) is 0 Å². The van der Waals surface area contributed by atoms with Crippen LogP contribution in [0, 0.1) is 0 Å².